The minimum Gasteiger partial charge on any atom is -0.382 e. The number of nitrogens with one attached hydrogen (secondary N) is 1. The average molecular weight is 177 g/mol. The first-order valence-corrected chi connectivity index (χ1v) is 4.84. The number of para-hydroxylation sites is 1. The van der Waals surface area contributed by atoms with Gasteiger partial charge >= 0.3 is 0 Å². The van der Waals surface area contributed by atoms with Crippen LogP contribution in [-0.4, -0.2) is 18.8 Å². The first-order valence-electron chi connectivity index (χ1n) is 4.84. The Bertz CT molecular complexity index is 260. The molecule has 13 heavy (non-hydrogen) atoms. The third kappa shape index (κ3) is 2.22. The van der Waals surface area contributed by atoms with Gasteiger partial charge in [-0.3, -0.25) is 0 Å². The molecule has 1 heterocycles. The third-order valence-corrected chi connectivity index (χ3v) is 2.37. The molecule has 1 aromatic carbocycles. The fourth-order valence-electron chi connectivity index (χ4n) is 1.49. The van der Waals surface area contributed by atoms with Crippen molar-refractivity contribution >= 4 is 5.69 Å². The molecule has 1 aliphatic rings. The summed E-state index contributed by atoms with van der Waals surface area (Å²) in [6.07, 6.45) is 2.06. The van der Waals surface area contributed by atoms with Crippen molar-refractivity contribution in [3.8, 4) is 0 Å². The van der Waals surface area contributed by atoms with Crippen LogP contribution in [0.1, 0.15) is 13.3 Å². The van der Waals surface area contributed by atoms with E-state index in [0.717, 1.165) is 13.0 Å². The Hall–Kier alpha value is -1.02. The summed E-state index contributed by atoms with van der Waals surface area (Å²) < 4.78 is 5.43. The van der Waals surface area contributed by atoms with Crippen LogP contribution in [0.25, 0.3) is 0 Å². The highest BCUT2D eigenvalue weighted by atomic mass is 16.6. The van der Waals surface area contributed by atoms with Gasteiger partial charge in [-0.1, -0.05) is 25.1 Å². The molecule has 2 nitrogen and oxygen atoms in total. The Kier molecular flexibility index (Phi) is 2.50. The van der Waals surface area contributed by atoms with Gasteiger partial charge in [-0.25, -0.2) is 0 Å². The van der Waals surface area contributed by atoms with E-state index < -0.39 is 0 Å². The van der Waals surface area contributed by atoms with Crippen LogP contribution in [0, 0.1) is 0 Å². The first-order chi connectivity index (χ1) is 6.40. The molecule has 2 rings (SSSR count). The van der Waals surface area contributed by atoms with Gasteiger partial charge in [0.25, 0.3) is 0 Å². The lowest BCUT2D eigenvalue weighted by Gasteiger charge is -2.02. The van der Waals surface area contributed by atoms with Crippen molar-refractivity contribution in [1.29, 1.82) is 0 Å². The molecular weight excluding hydrogens is 162 g/mol. The van der Waals surface area contributed by atoms with Gasteiger partial charge in [-0.15, -0.1) is 0 Å². The van der Waals surface area contributed by atoms with Gasteiger partial charge in [0.2, 0.25) is 0 Å². The molecule has 2 atom stereocenters. The maximum atomic E-state index is 5.43. The number of epoxide rings is 1. The van der Waals surface area contributed by atoms with Crippen molar-refractivity contribution in [3.05, 3.63) is 30.3 Å². The van der Waals surface area contributed by atoms with Crippen LogP contribution in [0.4, 0.5) is 5.69 Å². The van der Waals surface area contributed by atoms with Crippen LogP contribution in [0.3, 0.4) is 0 Å². The topological polar surface area (TPSA) is 24.6 Å². The van der Waals surface area contributed by atoms with Crippen molar-refractivity contribution in [2.45, 2.75) is 25.6 Å². The van der Waals surface area contributed by atoms with Crippen LogP contribution >= 0.6 is 0 Å². The molecular formula is C11H15NO. The van der Waals surface area contributed by atoms with E-state index >= 15 is 0 Å². The molecule has 0 saturated carbocycles. The first kappa shape index (κ1) is 8.57. The molecule has 0 bridgehead atoms. The van der Waals surface area contributed by atoms with Crippen molar-refractivity contribution in [2.75, 3.05) is 11.9 Å². The van der Waals surface area contributed by atoms with Crippen LogP contribution in [0.5, 0.6) is 0 Å². The minimum absolute atomic E-state index is 0.435. The van der Waals surface area contributed by atoms with E-state index in [-0.39, 0.29) is 0 Å². The fourth-order valence-corrected chi connectivity index (χ4v) is 1.49. The fraction of sp³-hybridized carbons (Fsp3) is 0.455. The van der Waals surface area contributed by atoms with Gasteiger partial charge in [0.1, 0.15) is 6.10 Å². The van der Waals surface area contributed by atoms with E-state index in [1.165, 1.54) is 5.69 Å². The van der Waals surface area contributed by atoms with Gasteiger partial charge in [0, 0.05) is 12.2 Å². The van der Waals surface area contributed by atoms with Gasteiger partial charge in [-0.2, -0.15) is 0 Å². The SMILES string of the molecule is CCC1OC1CNc1ccccc1. The zero-order valence-electron chi connectivity index (χ0n) is 7.86. The van der Waals surface area contributed by atoms with Crippen molar-refractivity contribution < 1.29 is 4.74 Å². The van der Waals surface area contributed by atoms with E-state index in [1.807, 2.05) is 18.2 Å². The molecule has 2 heteroatoms. The molecule has 1 aliphatic heterocycles. The number of hydrogen-bond donors (Lipinski definition) is 1. The van der Waals surface area contributed by atoms with Crippen LogP contribution < -0.4 is 5.32 Å². The van der Waals surface area contributed by atoms with Crippen LogP contribution in [0.2, 0.25) is 0 Å². The monoisotopic (exact) mass is 177 g/mol. The average Bonchev–Trinajstić information content (AvgIpc) is 2.95. The summed E-state index contributed by atoms with van der Waals surface area (Å²) in [5.41, 5.74) is 1.17. The predicted octanol–water partition coefficient (Wildman–Crippen LogP) is 2.28. The molecule has 0 radical (unpaired) electrons. The lowest BCUT2D eigenvalue weighted by molar-refractivity contribution is 0.371. The van der Waals surface area contributed by atoms with E-state index in [9.17, 15) is 0 Å². The Morgan fingerprint density at radius 1 is 1.23 bits per heavy atom. The summed E-state index contributed by atoms with van der Waals surface area (Å²) in [7, 11) is 0. The van der Waals surface area contributed by atoms with Gasteiger partial charge in [-0.05, 0) is 18.6 Å². The van der Waals surface area contributed by atoms with E-state index in [4.69, 9.17) is 4.74 Å². The maximum Gasteiger partial charge on any atom is 0.101 e. The number of anilines is 1. The second kappa shape index (κ2) is 3.79. The van der Waals surface area contributed by atoms with Crippen molar-refractivity contribution in [3.63, 3.8) is 0 Å². The van der Waals surface area contributed by atoms with Gasteiger partial charge in [0.15, 0.2) is 0 Å². The van der Waals surface area contributed by atoms with Crippen LogP contribution in [0.15, 0.2) is 30.3 Å². The lowest BCUT2D eigenvalue weighted by Crippen LogP contribution is -2.09. The van der Waals surface area contributed by atoms with Crippen molar-refractivity contribution in [2.24, 2.45) is 0 Å². The van der Waals surface area contributed by atoms with E-state index in [1.54, 1.807) is 0 Å². The van der Waals surface area contributed by atoms with E-state index in [2.05, 4.69) is 24.4 Å². The number of ether oxygens (including phenoxy) is 1. The van der Waals surface area contributed by atoms with E-state index in [0.29, 0.717) is 12.2 Å². The molecule has 2 unspecified atom stereocenters. The summed E-state index contributed by atoms with van der Waals surface area (Å²) in [4.78, 5) is 0. The largest absolute Gasteiger partial charge is 0.382 e. The summed E-state index contributed by atoms with van der Waals surface area (Å²) in [6, 6.07) is 10.2. The summed E-state index contributed by atoms with van der Waals surface area (Å²) in [5.74, 6) is 0. The molecule has 70 valence electrons. The quantitative estimate of drug-likeness (QED) is 0.713. The normalized spacial score (nSPS) is 25.6. The smallest absolute Gasteiger partial charge is 0.101 e. The van der Waals surface area contributed by atoms with Gasteiger partial charge < -0.3 is 10.1 Å². The standard InChI is InChI=1S/C11H15NO/c1-2-10-11(13-10)8-12-9-6-4-3-5-7-9/h3-7,10-12H,2,8H2,1H3. The molecule has 1 saturated heterocycles. The van der Waals surface area contributed by atoms with Crippen LogP contribution in [-0.2, 0) is 4.74 Å². The zero-order valence-corrected chi connectivity index (χ0v) is 7.86. The minimum atomic E-state index is 0.435. The summed E-state index contributed by atoms with van der Waals surface area (Å²) >= 11 is 0. The zero-order chi connectivity index (χ0) is 9.10. The number of rotatable bonds is 4. The third-order valence-electron chi connectivity index (χ3n) is 2.37. The lowest BCUT2D eigenvalue weighted by atomic mass is 10.2. The highest BCUT2D eigenvalue weighted by Crippen LogP contribution is 2.24. The highest BCUT2D eigenvalue weighted by molar-refractivity contribution is 5.42. The Morgan fingerprint density at radius 3 is 2.62 bits per heavy atom. The Morgan fingerprint density at radius 2 is 2.00 bits per heavy atom. The molecule has 0 spiro atoms. The second-order valence-electron chi connectivity index (χ2n) is 3.37. The maximum absolute atomic E-state index is 5.43. The molecule has 1 fully saturated rings. The summed E-state index contributed by atoms with van der Waals surface area (Å²) in [5, 5.41) is 3.35. The van der Waals surface area contributed by atoms with Crippen molar-refractivity contribution in [1.82, 2.24) is 0 Å². The second-order valence-corrected chi connectivity index (χ2v) is 3.37. The molecule has 1 aromatic rings. The Balaban J connectivity index is 1.75. The molecule has 0 aliphatic carbocycles. The number of benzene rings is 1. The summed E-state index contributed by atoms with van der Waals surface area (Å²) in [6.45, 7) is 3.09. The highest BCUT2D eigenvalue weighted by Gasteiger charge is 2.36. The number of hydrogen-bond acceptors (Lipinski definition) is 2. The molecule has 0 aromatic heterocycles. The molecule has 0 amide bonds. The Labute approximate surface area is 78.9 Å². The molecule has 1 N–H and O–H groups in total. The predicted molar refractivity (Wildman–Crippen MR) is 53.9 cm³/mol. The van der Waals surface area contributed by atoms with Gasteiger partial charge in [0.05, 0.1) is 6.10 Å².